The van der Waals surface area contributed by atoms with Crippen molar-refractivity contribution in [2.75, 3.05) is 5.32 Å². The third kappa shape index (κ3) is 3.61. The molecule has 0 atom stereocenters. The number of carbonyl (C=O) groups excluding carboxylic acids is 1. The number of nitrogens with zero attached hydrogens (tertiary/aromatic N) is 2. The molecule has 0 amide bonds. The monoisotopic (exact) mass is 293 g/mol. The van der Waals surface area contributed by atoms with Crippen molar-refractivity contribution >= 4 is 11.8 Å². The Balaban J connectivity index is 1.55. The Labute approximate surface area is 128 Å². The van der Waals surface area contributed by atoms with Crippen LogP contribution in [0.4, 0.5) is 5.82 Å². The molecule has 22 heavy (non-hydrogen) atoms. The van der Waals surface area contributed by atoms with E-state index >= 15 is 0 Å². The predicted molar refractivity (Wildman–Crippen MR) is 81.2 cm³/mol. The maximum atomic E-state index is 12.0. The number of anilines is 1. The second-order valence-electron chi connectivity index (χ2n) is 5.24. The molecule has 1 aromatic heterocycles. The van der Waals surface area contributed by atoms with E-state index in [4.69, 9.17) is 10.00 Å². The zero-order valence-corrected chi connectivity index (χ0v) is 12.0. The summed E-state index contributed by atoms with van der Waals surface area (Å²) >= 11 is 0. The van der Waals surface area contributed by atoms with Crippen molar-refractivity contribution in [1.29, 1.82) is 5.26 Å². The van der Waals surface area contributed by atoms with E-state index in [1.165, 1.54) is 19.0 Å². The van der Waals surface area contributed by atoms with E-state index in [1.54, 1.807) is 36.4 Å². The Morgan fingerprint density at radius 2 is 2.05 bits per heavy atom. The van der Waals surface area contributed by atoms with Gasteiger partial charge in [0.15, 0.2) is 0 Å². The second-order valence-corrected chi connectivity index (χ2v) is 5.24. The van der Waals surface area contributed by atoms with Crippen LogP contribution < -0.4 is 5.32 Å². The Bertz CT molecular complexity index is 698. The molecule has 0 unspecified atom stereocenters. The Kier molecular flexibility index (Phi) is 4.01. The van der Waals surface area contributed by atoms with E-state index < -0.39 is 5.97 Å². The molecule has 110 valence electrons. The SMILES string of the molecule is N#Cc1ccc(COC(=O)c2ccc(NC3CC3)nc2)cc1. The van der Waals surface area contributed by atoms with Crippen LogP contribution in [-0.4, -0.2) is 17.0 Å². The first-order chi connectivity index (χ1) is 10.7. The number of aromatic nitrogens is 1. The number of benzene rings is 1. The molecule has 5 nitrogen and oxygen atoms in total. The molecular weight excluding hydrogens is 278 g/mol. The van der Waals surface area contributed by atoms with Crippen LogP contribution in [0, 0.1) is 11.3 Å². The Hall–Kier alpha value is -2.87. The van der Waals surface area contributed by atoms with Gasteiger partial charge in [0, 0.05) is 12.2 Å². The van der Waals surface area contributed by atoms with Gasteiger partial charge in [-0.25, -0.2) is 9.78 Å². The summed E-state index contributed by atoms with van der Waals surface area (Å²) in [5.74, 6) is 0.376. The lowest BCUT2D eigenvalue weighted by atomic mass is 10.1. The molecule has 1 aliphatic rings. The third-order valence-corrected chi connectivity index (χ3v) is 3.38. The quantitative estimate of drug-likeness (QED) is 0.858. The largest absolute Gasteiger partial charge is 0.457 e. The number of hydrogen-bond acceptors (Lipinski definition) is 5. The van der Waals surface area contributed by atoms with Crippen molar-refractivity contribution in [1.82, 2.24) is 4.98 Å². The minimum atomic E-state index is -0.408. The zero-order chi connectivity index (χ0) is 15.4. The third-order valence-electron chi connectivity index (χ3n) is 3.38. The van der Waals surface area contributed by atoms with Gasteiger partial charge >= 0.3 is 5.97 Å². The van der Waals surface area contributed by atoms with Gasteiger partial charge in [0.1, 0.15) is 12.4 Å². The van der Waals surface area contributed by atoms with Gasteiger partial charge in [-0.15, -0.1) is 0 Å². The van der Waals surface area contributed by atoms with Crippen LogP contribution in [0.5, 0.6) is 0 Å². The smallest absolute Gasteiger partial charge is 0.340 e. The molecule has 2 aromatic rings. The van der Waals surface area contributed by atoms with Crippen LogP contribution in [-0.2, 0) is 11.3 Å². The predicted octanol–water partition coefficient (Wildman–Crippen LogP) is 2.88. The van der Waals surface area contributed by atoms with Crippen LogP contribution in [0.25, 0.3) is 0 Å². The minimum Gasteiger partial charge on any atom is -0.457 e. The highest BCUT2D eigenvalue weighted by molar-refractivity contribution is 5.89. The standard InChI is InChI=1S/C17H15N3O2/c18-9-12-1-3-13(4-2-12)11-22-17(21)14-5-8-16(19-10-14)20-15-6-7-15/h1-5,8,10,15H,6-7,11H2,(H,19,20). The summed E-state index contributed by atoms with van der Waals surface area (Å²) in [7, 11) is 0. The molecule has 1 aromatic carbocycles. The molecule has 1 fully saturated rings. The molecule has 1 aliphatic carbocycles. The number of nitriles is 1. The molecule has 5 heteroatoms. The van der Waals surface area contributed by atoms with Crippen LogP contribution in [0.2, 0.25) is 0 Å². The van der Waals surface area contributed by atoms with Crippen molar-refractivity contribution in [3.05, 3.63) is 59.3 Å². The summed E-state index contributed by atoms with van der Waals surface area (Å²) in [6.45, 7) is 0.173. The number of carbonyl (C=O) groups is 1. The summed E-state index contributed by atoms with van der Waals surface area (Å²) in [5, 5.41) is 12.0. The molecule has 0 radical (unpaired) electrons. The molecular formula is C17H15N3O2. The Morgan fingerprint density at radius 1 is 1.27 bits per heavy atom. The molecule has 0 saturated heterocycles. The summed E-state index contributed by atoms with van der Waals surface area (Å²) in [6.07, 6.45) is 3.87. The van der Waals surface area contributed by atoms with Crippen LogP contribution in [0.15, 0.2) is 42.6 Å². The maximum absolute atomic E-state index is 12.0. The molecule has 0 aliphatic heterocycles. The van der Waals surface area contributed by atoms with Crippen molar-refractivity contribution < 1.29 is 9.53 Å². The fraction of sp³-hybridized carbons (Fsp3) is 0.235. The number of pyridine rings is 1. The average Bonchev–Trinajstić information content (AvgIpc) is 3.38. The second kappa shape index (κ2) is 6.27. The lowest BCUT2D eigenvalue weighted by molar-refractivity contribution is 0.0472. The zero-order valence-electron chi connectivity index (χ0n) is 12.0. The summed E-state index contributed by atoms with van der Waals surface area (Å²) < 4.78 is 5.24. The van der Waals surface area contributed by atoms with Gasteiger partial charge < -0.3 is 10.1 Å². The normalized spacial score (nSPS) is 13.2. The summed E-state index contributed by atoms with van der Waals surface area (Å²) in [5.41, 5.74) is 1.85. The highest BCUT2D eigenvalue weighted by atomic mass is 16.5. The molecule has 0 bridgehead atoms. The average molecular weight is 293 g/mol. The summed E-state index contributed by atoms with van der Waals surface area (Å²) in [6, 6.07) is 13.0. The molecule has 1 saturated carbocycles. The lowest BCUT2D eigenvalue weighted by Crippen LogP contribution is -2.07. The number of rotatable bonds is 5. The number of ether oxygens (including phenoxy) is 1. The van der Waals surface area contributed by atoms with Gasteiger partial charge in [-0.05, 0) is 42.7 Å². The number of hydrogen-bond donors (Lipinski definition) is 1. The Morgan fingerprint density at radius 3 is 2.64 bits per heavy atom. The topological polar surface area (TPSA) is 75.0 Å². The number of nitrogens with one attached hydrogen (secondary N) is 1. The van der Waals surface area contributed by atoms with Gasteiger partial charge in [0.2, 0.25) is 0 Å². The van der Waals surface area contributed by atoms with E-state index in [2.05, 4.69) is 10.3 Å². The molecule has 1 heterocycles. The van der Waals surface area contributed by atoms with E-state index in [0.29, 0.717) is 17.2 Å². The van der Waals surface area contributed by atoms with E-state index in [0.717, 1.165) is 11.4 Å². The van der Waals surface area contributed by atoms with Gasteiger partial charge in [-0.1, -0.05) is 12.1 Å². The van der Waals surface area contributed by atoms with Crippen LogP contribution in [0.3, 0.4) is 0 Å². The minimum absolute atomic E-state index is 0.173. The summed E-state index contributed by atoms with van der Waals surface area (Å²) in [4.78, 5) is 16.2. The fourth-order valence-corrected chi connectivity index (χ4v) is 1.94. The molecule has 3 rings (SSSR count). The van der Waals surface area contributed by atoms with Crippen molar-refractivity contribution in [2.45, 2.75) is 25.5 Å². The first-order valence-corrected chi connectivity index (χ1v) is 7.13. The molecule has 0 spiro atoms. The van der Waals surface area contributed by atoms with Crippen LogP contribution in [0.1, 0.15) is 34.3 Å². The van der Waals surface area contributed by atoms with Gasteiger partial charge in [-0.2, -0.15) is 5.26 Å². The van der Waals surface area contributed by atoms with Crippen molar-refractivity contribution in [3.8, 4) is 6.07 Å². The van der Waals surface area contributed by atoms with E-state index in [9.17, 15) is 4.79 Å². The van der Waals surface area contributed by atoms with E-state index in [1.807, 2.05) is 6.07 Å². The van der Waals surface area contributed by atoms with Gasteiger partial charge in [0.05, 0.1) is 17.2 Å². The fourth-order valence-electron chi connectivity index (χ4n) is 1.94. The maximum Gasteiger partial charge on any atom is 0.340 e. The van der Waals surface area contributed by atoms with Crippen molar-refractivity contribution in [3.63, 3.8) is 0 Å². The highest BCUT2D eigenvalue weighted by Gasteiger charge is 2.21. The van der Waals surface area contributed by atoms with Crippen molar-refractivity contribution in [2.24, 2.45) is 0 Å². The number of esters is 1. The lowest BCUT2D eigenvalue weighted by Gasteiger charge is -2.06. The first kappa shape index (κ1) is 14.1. The van der Waals surface area contributed by atoms with Gasteiger partial charge in [-0.3, -0.25) is 0 Å². The molecule has 1 N–H and O–H groups in total. The first-order valence-electron chi connectivity index (χ1n) is 7.13. The van der Waals surface area contributed by atoms with Gasteiger partial charge in [0.25, 0.3) is 0 Å². The van der Waals surface area contributed by atoms with E-state index in [-0.39, 0.29) is 6.61 Å². The van der Waals surface area contributed by atoms with Crippen LogP contribution >= 0.6 is 0 Å². The highest BCUT2D eigenvalue weighted by Crippen LogP contribution is 2.23.